The van der Waals surface area contributed by atoms with Crippen molar-refractivity contribution in [2.45, 2.75) is 6.42 Å². The lowest BCUT2D eigenvalue weighted by Crippen LogP contribution is -2.32. The van der Waals surface area contributed by atoms with Crippen LogP contribution in [0.3, 0.4) is 0 Å². The molecule has 0 radical (unpaired) electrons. The number of amides is 2. The molecule has 4 N–H and O–H groups in total. The Morgan fingerprint density at radius 2 is 2.00 bits per heavy atom. The molecule has 0 aliphatic carbocycles. The number of anilines is 1. The lowest BCUT2D eigenvalue weighted by molar-refractivity contribution is -0.123. The highest BCUT2D eigenvalue weighted by atomic mass is 16.5. The van der Waals surface area contributed by atoms with Crippen LogP contribution in [-0.4, -0.2) is 32.0 Å². The fourth-order valence-electron chi connectivity index (χ4n) is 1.25. The lowest BCUT2D eigenvalue weighted by atomic mass is 10.3. The van der Waals surface area contributed by atoms with Crippen LogP contribution in [0.25, 0.3) is 0 Å². The van der Waals surface area contributed by atoms with E-state index in [1.54, 1.807) is 31.3 Å². The van der Waals surface area contributed by atoms with Crippen molar-refractivity contribution >= 4 is 17.5 Å². The standard InChI is InChI=1S/C12H17N3O3/c1-14-11(16)6-7-15-12(17)8-18-10-5-3-2-4-9(10)13/h2-5H,6-8,13H2,1H3,(H,14,16)(H,15,17). The SMILES string of the molecule is CNC(=O)CCNC(=O)COc1ccccc1N. The molecule has 0 fully saturated rings. The number of rotatable bonds is 6. The van der Waals surface area contributed by atoms with Crippen molar-refractivity contribution in [1.29, 1.82) is 0 Å². The van der Waals surface area contributed by atoms with E-state index in [0.717, 1.165) is 0 Å². The number of carbonyl (C=O) groups is 2. The summed E-state index contributed by atoms with van der Waals surface area (Å²) in [5.74, 6) is 0.0598. The Balaban J connectivity index is 2.25. The number of hydrogen-bond donors (Lipinski definition) is 3. The van der Waals surface area contributed by atoms with E-state index in [-0.39, 0.29) is 31.4 Å². The predicted molar refractivity (Wildman–Crippen MR) is 68.0 cm³/mol. The third-order valence-corrected chi connectivity index (χ3v) is 2.23. The molecule has 6 heteroatoms. The minimum Gasteiger partial charge on any atom is -0.482 e. The number of para-hydroxylation sites is 2. The summed E-state index contributed by atoms with van der Waals surface area (Å²) in [7, 11) is 1.55. The molecule has 0 spiro atoms. The van der Waals surface area contributed by atoms with Crippen molar-refractivity contribution < 1.29 is 14.3 Å². The topological polar surface area (TPSA) is 93.5 Å². The molecule has 0 bridgehead atoms. The first-order chi connectivity index (χ1) is 8.63. The highest BCUT2D eigenvalue weighted by molar-refractivity contribution is 5.79. The van der Waals surface area contributed by atoms with Gasteiger partial charge >= 0.3 is 0 Å². The number of nitrogen functional groups attached to an aromatic ring is 1. The largest absolute Gasteiger partial charge is 0.482 e. The molecule has 0 aliphatic heterocycles. The van der Waals surface area contributed by atoms with Crippen molar-refractivity contribution in [3.05, 3.63) is 24.3 Å². The van der Waals surface area contributed by atoms with E-state index in [1.165, 1.54) is 0 Å². The number of nitrogens with one attached hydrogen (secondary N) is 2. The van der Waals surface area contributed by atoms with E-state index < -0.39 is 0 Å². The molecule has 0 unspecified atom stereocenters. The van der Waals surface area contributed by atoms with Crippen LogP contribution in [0.4, 0.5) is 5.69 Å². The van der Waals surface area contributed by atoms with Crippen molar-refractivity contribution in [2.24, 2.45) is 0 Å². The molecule has 0 saturated heterocycles. The monoisotopic (exact) mass is 251 g/mol. The molecule has 18 heavy (non-hydrogen) atoms. The van der Waals surface area contributed by atoms with Gasteiger partial charge in [-0.25, -0.2) is 0 Å². The van der Waals surface area contributed by atoms with Gasteiger partial charge in [-0.2, -0.15) is 0 Å². The molecule has 2 amide bonds. The number of benzene rings is 1. The fraction of sp³-hybridized carbons (Fsp3) is 0.333. The summed E-state index contributed by atoms with van der Waals surface area (Å²) < 4.78 is 5.24. The Morgan fingerprint density at radius 1 is 1.28 bits per heavy atom. The van der Waals surface area contributed by atoms with Crippen molar-refractivity contribution in [2.75, 3.05) is 25.9 Å². The van der Waals surface area contributed by atoms with Crippen molar-refractivity contribution in [1.82, 2.24) is 10.6 Å². The van der Waals surface area contributed by atoms with Crippen molar-refractivity contribution in [3.8, 4) is 5.75 Å². The van der Waals surface area contributed by atoms with E-state index in [9.17, 15) is 9.59 Å². The molecule has 1 aromatic rings. The summed E-state index contributed by atoms with van der Waals surface area (Å²) in [5, 5.41) is 5.04. The third-order valence-electron chi connectivity index (χ3n) is 2.23. The van der Waals surface area contributed by atoms with Gasteiger partial charge in [-0.05, 0) is 12.1 Å². The van der Waals surface area contributed by atoms with Gasteiger partial charge in [0, 0.05) is 20.0 Å². The molecule has 98 valence electrons. The van der Waals surface area contributed by atoms with Crippen LogP contribution in [0, 0.1) is 0 Å². The molecule has 1 rings (SSSR count). The molecular weight excluding hydrogens is 234 g/mol. The minimum absolute atomic E-state index is 0.122. The quantitative estimate of drug-likeness (QED) is 0.615. The maximum atomic E-state index is 11.4. The normalized spacial score (nSPS) is 9.61. The second-order valence-electron chi connectivity index (χ2n) is 3.60. The molecule has 0 saturated carbocycles. The molecule has 6 nitrogen and oxygen atoms in total. The van der Waals surface area contributed by atoms with Crippen LogP contribution in [0.5, 0.6) is 5.75 Å². The second kappa shape index (κ2) is 7.16. The van der Waals surface area contributed by atoms with Gasteiger partial charge in [0.15, 0.2) is 6.61 Å². The van der Waals surface area contributed by atoms with Crippen LogP contribution < -0.4 is 21.1 Å². The van der Waals surface area contributed by atoms with Gasteiger partial charge in [0.2, 0.25) is 5.91 Å². The molecule has 0 aromatic heterocycles. The van der Waals surface area contributed by atoms with Gasteiger partial charge in [0.05, 0.1) is 5.69 Å². The van der Waals surface area contributed by atoms with Crippen molar-refractivity contribution in [3.63, 3.8) is 0 Å². The van der Waals surface area contributed by atoms with Crippen LogP contribution in [0.15, 0.2) is 24.3 Å². The highest BCUT2D eigenvalue weighted by Crippen LogP contribution is 2.19. The zero-order valence-electron chi connectivity index (χ0n) is 10.2. The molecular formula is C12H17N3O3. The summed E-state index contributed by atoms with van der Waals surface area (Å²) in [6, 6.07) is 6.94. The van der Waals surface area contributed by atoms with Gasteiger partial charge < -0.3 is 21.1 Å². The minimum atomic E-state index is -0.290. The van der Waals surface area contributed by atoms with E-state index in [2.05, 4.69) is 10.6 Å². The first-order valence-electron chi connectivity index (χ1n) is 5.58. The Morgan fingerprint density at radius 3 is 2.67 bits per heavy atom. The van der Waals surface area contributed by atoms with Gasteiger partial charge in [-0.1, -0.05) is 12.1 Å². The summed E-state index contributed by atoms with van der Waals surface area (Å²) in [5.41, 5.74) is 6.14. The fourth-order valence-corrected chi connectivity index (χ4v) is 1.25. The molecule has 0 heterocycles. The first kappa shape index (κ1) is 13.8. The lowest BCUT2D eigenvalue weighted by Gasteiger charge is -2.08. The molecule has 0 atom stereocenters. The number of ether oxygens (including phenoxy) is 1. The molecule has 0 aliphatic rings. The maximum absolute atomic E-state index is 11.4. The predicted octanol–water partition coefficient (Wildman–Crippen LogP) is -0.100. The second-order valence-corrected chi connectivity index (χ2v) is 3.60. The van der Waals surface area contributed by atoms with E-state index in [1.807, 2.05) is 0 Å². The van der Waals surface area contributed by atoms with E-state index in [4.69, 9.17) is 10.5 Å². The average molecular weight is 251 g/mol. The number of hydrogen-bond acceptors (Lipinski definition) is 4. The third kappa shape index (κ3) is 4.73. The van der Waals surface area contributed by atoms with Gasteiger partial charge in [0.1, 0.15) is 5.75 Å². The first-order valence-corrected chi connectivity index (χ1v) is 5.58. The Labute approximate surface area is 105 Å². The maximum Gasteiger partial charge on any atom is 0.257 e. The van der Waals surface area contributed by atoms with E-state index >= 15 is 0 Å². The Hall–Kier alpha value is -2.24. The van der Waals surface area contributed by atoms with Crippen LogP contribution in [0.2, 0.25) is 0 Å². The van der Waals surface area contributed by atoms with Crippen LogP contribution in [0.1, 0.15) is 6.42 Å². The van der Waals surface area contributed by atoms with Gasteiger partial charge in [0.25, 0.3) is 5.91 Å². The van der Waals surface area contributed by atoms with Gasteiger partial charge in [-0.3, -0.25) is 9.59 Å². The zero-order chi connectivity index (χ0) is 13.4. The summed E-state index contributed by atoms with van der Waals surface area (Å²) in [6.07, 6.45) is 0.246. The van der Waals surface area contributed by atoms with Crippen LogP contribution >= 0.6 is 0 Å². The number of carbonyl (C=O) groups excluding carboxylic acids is 2. The van der Waals surface area contributed by atoms with E-state index in [0.29, 0.717) is 11.4 Å². The summed E-state index contributed by atoms with van der Waals surface area (Å²) >= 11 is 0. The Bertz CT molecular complexity index is 421. The molecule has 1 aromatic carbocycles. The van der Waals surface area contributed by atoms with Crippen LogP contribution in [-0.2, 0) is 9.59 Å². The average Bonchev–Trinajstić information content (AvgIpc) is 2.37. The highest BCUT2D eigenvalue weighted by Gasteiger charge is 2.05. The summed E-state index contributed by atoms with van der Waals surface area (Å²) in [6.45, 7) is 0.161. The smallest absolute Gasteiger partial charge is 0.257 e. The van der Waals surface area contributed by atoms with Gasteiger partial charge in [-0.15, -0.1) is 0 Å². The zero-order valence-corrected chi connectivity index (χ0v) is 10.2. The summed E-state index contributed by atoms with van der Waals surface area (Å²) in [4.78, 5) is 22.3. The Kier molecular flexibility index (Phi) is 5.50. The number of nitrogens with two attached hydrogens (primary N) is 1.